The third-order valence-corrected chi connectivity index (χ3v) is 5.98. The van der Waals surface area contributed by atoms with Crippen LogP contribution in [-0.4, -0.2) is 22.2 Å². The topological polar surface area (TPSA) is 75.5 Å². The van der Waals surface area contributed by atoms with Gasteiger partial charge in [0, 0.05) is 35.6 Å². The third kappa shape index (κ3) is 4.93. The Bertz CT molecular complexity index is 1080. The molecule has 3 rings (SSSR count). The lowest BCUT2D eigenvalue weighted by Gasteiger charge is -2.25. The molecule has 6 nitrogen and oxygen atoms in total. The van der Waals surface area contributed by atoms with Crippen LogP contribution in [0.2, 0.25) is 5.02 Å². The molecule has 1 amide bonds. The number of hydrogen-bond acceptors (Lipinski definition) is 4. The van der Waals surface area contributed by atoms with Crippen LogP contribution < -0.4 is 15.6 Å². The van der Waals surface area contributed by atoms with Gasteiger partial charge in [0.05, 0.1) is 18.2 Å². The fraction of sp³-hybridized carbons (Fsp3) is 0.400. The molecule has 3 aromatic rings. The van der Waals surface area contributed by atoms with E-state index in [-0.39, 0.29) is 24.6 Å². The highest BCUT2D eigenvalue weighted by Crippen LogP contribution is 2.38. The Hall–Kier alpha value is -2.54. The lowest BCUT2D eigenvalue weighted by molar-refractivity contribution is -0.125. The number of para-hydroxylation sites is 1. The molecule has 1 heterocycles. The first-order valence-electron chi connectivity index (χ1n) is 11.1. The van der Waals surface area contributed by atoms with Crippen molar-refractivity contribution in [2.45, 2.75) is 59.2 Å². The molecule has 172 valence electrons. The van der Waals surface area contributed by atoms with Gasteiger partial charge >= 0.3 is 0 Å². The largest absolute Gasteiger partial charge is 0.394 e. The molecule has 3 N–H and O–H groups in total. The van der Waals surface area contributed by atoms with Gasteiger partial charge in [-0.2, -0.15) is 5.48 Å². The van der Waals surface area contributed by atoms with Crippen LogP contribution in [0, 0.1) is 0 Å². The Kier molecular flexibility index (Phi) is 8.18. The summed E-state index contributed by atoms with van der Waals surface area (Å²) in [5.41, 5.74) is 6.76. The van der Waals surface area contributed by atoms with Crippen molar-refractivity contribution < 1.29 is 14.7 Å². The first-order valence-corrected chi connectivity index (χ1v) is 11.5. The van der Waals surface area contributed by atoms with Gasteiger partial charge in [-0.05, 0) is 49.1 Å². The smallest absolute Gasteiger partial charge is 0.249 e. The maximum absolute atomic E-state index is 11.4. The number of carbonyl (C=O) groups is 1. The number of aliphatic hydroxyl groups excluding tert-OH is 1. The molecule has 0 fully saturated rings. The number of nitrogens with zero attached hydrogens (tertiary/aromatic N) is 1. The Balaban J connectivity index is 2.10. The van der Waals surface area contributed by atoms with Gasteiger partial charge in [-0.1, -0.05) is 49.7 Å². The van der Waals surface area contributed by atoms with Crippen molar-refractivity contribution in [2.24, 2.45) is 0 Å². The maximum Gasteiger partial charge on any atom is 0.249 e. The molecule has 0 radical (unpaired) electrons. The number of amides is 1. The molecule has 0 bridgehead atoms. The summed E-state index contributed by atoms with van der Waals surface area (Å²) in [4.78, 5) is 17.1. The Morgan fingerprint density at radius 3 is 2.50 bits per heavy atom. The summed E-state index contributed by atoms with van der Waals surface area (Å²) in [6.45, 7) is 8.54. The molecule has 32 heavy (non-hydrogen) atoms. The number of aromatic nitrogens is 1. The molecule has 7 heteroatoms. The predicted molar refractivity (Wildman–Crippen MR) is 129 cm³/mol. The number of halogens is 1. The molecular weight excluding hydrogens is 426 g/mol. The standard InChI is InChI=1S/C25H32ClN3O3/c1-5-20(27-21(15-30)17-10-8-11-18(26)14-17)24-19-12-9-13-23(32-28-16(4)31)25(19)29(7-3)22(24)6-2/h8-14,20-21,27,30H,5-7,15H2,1-4H3,(H,28,31)/t20-,21+/m1/s1. The van der Waals surface area contributed by atoms with Crippen LogP contribution in [0.5, 0.6) is 5.75 Å². The van der Waals surface area contributed by atoms with E-state index in [1.54, 1.807) is 0 Å². The second kappa shape index (κ2) is 10.9. The van der Waals surface area contributed by atoms with Crippen molar-refractivity contribution in [1.29, 1.82) is 0 Å². The third-order valence-electron chi connectivity index (χ3n) is 5.74. The predicted octanol–water partition coefficient (Wildman–Crippen LogP) is 5.08. The summed E-state index contributed by atoms with van der Waals surface area (Å²) < 4.78 is 2.25. The molecule has 0 unspecified atom stereocenters. The quantitative estimate of drug-likeness (QED) is 0.371. The summed E-state index contributed by atoms with van der Waals surface area (Å²) in [5, 5.41) is 15.5. The Morgan fingerprint density at radius 2 is 1.91 bits per heavy atom. The van der Waals surface area contributed by atoms with Crippen LogP contribution >= 0.6 is 11.6 Å². The van der Waals surface area contributed by atoms with Gasteiger partial charge in [-0.15, -0.1) is 0 Å². The number of benzene rings is 2. The van der Waals surface area contributed by atoms with E-state index in [1.165, 1.54) is 18.2 Å². The van der Waals surface area contributed by atoms with E-state index in [9.17, 15) is 9.90 Å². The second-order valence-electron chi connectivity index (χ2n) is 7.79. The summed E-state index contributed by atoms with van der Waals surface area (Å²) in [7, 11) is 0. The Morgan fingerprint density at radius 1 is 1.16 bits per heavy atom. The van der Waals surface area contributed by atoms with Crippen LogP contribution in [0.15, 0.2) is 42.5 Å². The highest BCUT2D eigenvalue weighted by molar-refractivity contribution is 6.30. The monoisotopic (exact) mass is 457 g/mol. The number of carbonyl (C=O) groups excluding carboxylic acids is 1. The molecule has 2 aromatic carbocycles. The van der Waals surface area contributed by atoms with Gasteiger partial charge in [0.15, 0.2) is 5.75 Å². The lowest BCUT2D eigenvalue weighted by Crippen LogP contribution is -2.29. The molecular formula is C25H32ClN3O3. The fourth-order valence-electron chi connectivity index (χ4n) is 4.41. The zero-order valence-electron chi connectivity index (χ0n) is 19.1. The number of aryl methyl sites for hydroxylation is 1. The van der Waals surface area contributed by atoms with Gasteiger partial charge in [0.2, 0.25) is 5.91 Å². The average molecular weight is 458 g/mol. The summed E-state index contributed by atoms with van der Waals surface area (Å²) in [6, 6.07) is 13.2. The van der Waals surface area contributed by atoms with E-state index in [1.807, 2.05) is 36.4 Å². The number of rotatable bonds is 10. The molecule has 2 atom stereocenters. The minimum absolute atomic E-state index is 0.00685. The molecule has 0 saturated heterocycles. The van der Waals surface area contributed by atoms with E-state index in [2.05, 4.69) is 42.2 Å². The van der Waals surface area contributed by atoms with Crippen LogP contribution in [0.25, 0.3) is 10.9 Å². The van der Waals surface area contributed by atoms with Gasteiger partial charge in [0.25, 0.3) is 0 Å². The minimum Gasteiger partial charge on any atom is -0.394 e. The summed E-state index contributed by atoms with van der Waals surface area (Å²) >= 11 is 6.19. The van der Waals surface area contributed by atoms with Crippen molar-refractivity contribution >= 4 is 28.4 Å². The number of hydroxylamine groups is 1. The average Bonchev–Trinajstić information content (AvgIpc) is 3.12. The van der Waals surface area contributed by atoms with Crippen LogP contribution in [0.3, 0.4) is 0 Å². The highest BCUT2D eigenvalue weighted by Gasteiger charge is 2.26. The zero-order chi connectivity index (χ0) is 23.3. The van der Waals surface area contributed by atoms with E-state index >= 15 is 0 Å². The van der Waals surface area contributed by atoms with Crippen LogP contribution in [0.1, 0.15) is 63.0 Å². The van der Waals surface area contributed by atoms with E-state index < -0.39 is 0 Å². The molecule has 0 aliphatic rings. The Labute approximate surface area is 194 Å². The van der Waals surface area contributed by atoms with Crippen molar-refractivity contribution in [3.8, 4) is 5.75 Å². The first kappa shape index (κ1) is 24.1. The SMILES string of the molecule is CCc1c([C@@H](CC)N[C@@H](CO)c2cccc(Cl)c2)c2cccc(ONC(C)=O)c2n1CC. The highest BCUT2D eigenvalue weighted by atomic mass is 35.5. The number of nitrogens with one attached hydrogen (secondary N) is 2. The van der Waals surface area contributed by atoms with Gasteiger partial charge in [-0.25, -0.2) is 0 Å². The van der Waals surface area contributed by atoms with E-state index in [4.69, 9.17) is 16.4 Å². The van der Waals surface area contributed by atoms with Gasteiger partial charge in [0.1, 0.15) is 0 Å². The first-order chi connectivity index (χ1) is 15.4. The zero-order valence-corrected chi connectivity index (χ0v) is 19.9. The van der Waals surface area contributed by atoms with E-state index in [0.29, 0.717) is 10.8 Å². The minimum atomic E-state index is -0.257. The molecule has 0 saturated carbocycles. The number of fused-ring (bicyclic) bond motifs is 1. The van der Waals surface area contributed by atoms with Crippen molar-refractivity contribution in [3.05, 3.63) is 64.3 Å². The number of hydrogen-bond donors (Lipinski definition) is 3. The number of aliphatic hydroxyl groups is 1. The van der Waals surface area contributed by atoms with E-state index in [0.717, 1.165) is 35.9 Å². The molecule has 0 aliphatic heterocycles. The summed E-state index contributed by atoms with van der Waals surface area (Å²) in [5.74, 6) is 0.358. The van der Waals surface area contributed by atoms with Crippen molar-refractivity contribution in [3.63, 3.8) is 0 Å². The maximum atomic E-state index is 11.4. The van der Waals surface area contributed by atoms with Crippen LogP contribution in [-0.2, 0) is 17.8 Å². The van der Waals surface area contributed by atoms with Crippen molar-refractivity contribution in [1.82, 2.24) is 15.4 Å². The summed E-state index contributed by atoms with van der Waals surface area (Å²) in [6.07, 6.45) is 1.68. The van der Waals surface area contributed by atoms with Crippen molar-refractivity contribution in [2.75, 3.05) is 6.61 Å². The normalized spacial score (nSPS) is 13.2. The molecule has 0 spiro atoms. The molecule has 0 aliphatic carbocycles. The van der Waals surface area contributed by atoms with Gasteiger partial charge in [-0.3, -0.25) is 4.79 Å². The fourth-order valence-corrected chi connectivity index (χ4v) is 4.61. The van der Waals surface area contributed by atoms with Crippen LogP contribution in [0.4, 0.5) is 0 Å². The second-order valence-corrected chi connectivity index (χ2v) is 8.22. The molecule has 1 aromatic heterocycles. The van der Waals surface area contributed by atoms with Gasteiger partial charge < -0.3 is 19.8 Å². The lowest BCUT2D eigenvalue weighted by atomic mass is 9.97.